The van der Waals surface area contributed by atoms with Crippen molar-refractivity contribution in [2.75, 3.05) is 13.1 Å². The van der Waals surface area contributed by atoms with Crippen LogP contribution in [0.5, 0.6) is 0 Å². The van der Waals surface area contributed by atoms with Crippen molar-refractivity contribution < 1.29 is 5.11 Å². The molecule has 0 bridgehead atoms. The van der Waals surface area contributed by atoms with Crippen molar-refractivity contribution in [2.45, 2.75) is 46.6 Å². The van der Waals surface area contributed by atoms with Crippen LogP contribution >= 0.6 is 0 Å². The molecule has 0 heterocycles. The van der Waals surface area contributed by atoms with E-state index in [0.717, 1.165) is 6.54 Å². The molecule has 0 aromatic heterocycles. The summed E-state index contributed by atoms with van der Waals surface area (Å²) in [6, 6.07) is 0. The van der Waals surface area contributed by atoms with E-state index in [-0.39, 0.29) is 11.5 Å². The smallest absolute Gasteiger partial charge is 0.0712 e. The zero-order valence-electron chi connectivity index (χ0n) is 8.85. The lowest BCUT2D eigenvalue weighted by atomic mass is 9.89. The fraction of sp³-hybridized carbons (Fsp3) is 1.00. The molecule has 0 aliphatic heterocycles. The minimum Gasteiger partial charge on any atom is -0.391 e. The van der Waals surface area contributed by atoms with Gasteiger partial charge in [-0.25, -0.2) is 0 Å². The summed E-state index contributed by atoms with van der Waals surface area (Å²) < 4.78 is 0. The van der Waals surface area contributed by atoms with E-state index in [0.29, 0.717) is 6.54 Å². The van der Waals surface area contributed by atoms with Gasteiger partial charge in [0.1, 0.15) is 0 Å². The minimum absolute atomic E-state index is 0.000779. The Kier molecular flexibility index (Phi) is 5.51. The predicted molar refractivity (Wildman–Crippen MR) is 53.2 cm³/mol. The monoisotopic (exact) mass is 173 g/mol. The summed E-state index contributed by atoms with van der Waals surface area (Å²) >= 11 is 0. The highest BCUT2D eigenvalue weighted by atomic mass is 16.3. The summed E-state index contributed by atoms with van der Waals surface area (Å²) in [5.74, 6) is 0. The van der Waals surface area contributed by atoms with E-state index in [1.54, 1.807) is 0 Å². The molecule has 0 spiro atoms. The Labute approximate surface area is 76.4 Å². The van der Waals surface area contributed by atoms with Crippen LogP contribution in [0, 0.1) is 5.41 Å². The molecule has 1 unspecified atom stereocenters. The van der Waals surface area contributed by atoms with Crippen molar-refractivity contribution in [2.24, 2.45) is 5.41 Å². The highest BCUT2D eigenvalue weighted by Crippen LogP contribution is 2.17. The Balaban J connectivity index is 3.38. The molecule has 2 N–H and O–H groups in total. The highest BCUT2D eigenvalue weighted by molar-refractivity contribution is 4.74. The molecule has 74 valence electrons. The average molecular weight is 173 g/mol. The fourth-order valence-electron chi connectivity index (χ4n) is 0.847. The number of hydrogen-bond donors (Lipinski definition) is 2. The third kappa shape index (κ3) is 5.56. The number of unbranched alkanes of at least 4 members (excludes halogenated alkanes) is 1. The lowest BCUT2D eigenvalue weighted by molar-refractivity contribution is 0.0631. The number of nitrogens with one attached hydrogen (secondary N) is 1. The van der Waals surface area contributed by atoms with Crippen LogP contribution in [-0.4, -0.2) is 24.3 Å². The standard InChI is InChI=1S/C10H23NO/c1-5-6-7-11-8-9(12)10(2,3)4/h9,11-12H,5-8H2,1-4H3. The van der Waals surface area contributed by atoms with Crippen LogP contribution in [0.1, 0.15) is 40.5 Å². The lowest BCUT2D eigenvalue weighted by Crippen LogP contribution is -2.36. The molecule has 0 aromatic rings. The first kappa shape index (κ1) is 11.9. The highest BCUT2D eigenvalue weighted by Gasteiger charge is 2.20. The number of hydrogen-bond acceptors (Lipinski definition) is 2. The van der Waals surface area contributed by atoms with Gasteiger partial charge >= 0.3 is 0 Å². The Morgan fingerprint density at radius 2 is 1.92 bits per heavy atom. The largest absolute Gasteiger partial charge is 0.391 e. The Morgan fingerprint density at radius 1 is 1.33 bits per heavy atom. The van der Waals surface area contributed by atoms with E-state index < -0.39 is 0 Å². The van der Waals surface area contributed by atoms with Gasteiger partial charge in [-0.05, 0) is 18.4 Å². The number of aliphatic hydroxyl groups excluding tert-OH is 1. The lowest BCUT2D eigenvalue weighted by Gasteiger charge is -2.25. The molecular formula is C10H23NO. The molecule has 2 heteroatoms. The average Bonchev–Trinajstić information content (AvgIpc) is 1.96. The van der Waals surface area contributed by atoms with Crippen LogP contribution in [0.4, 0.5) is 0 Å². The summed E-state index contributed by atoms with van der Waals surface area (Å²) in [6.45, 7) is 10.1. The number of rotatable bonds is 5. The van der Waals surface area contributed by atoms with Crippen LogP contribution in [0.3, 0.4) is 0 Å². The second kappa shape index (κ2) is 5.55. The Hall–Kier alpha value is -0.0800. The summed E-state index contributed by atoms with van der Waals surface area (Å²) in [5.41, 5.74) is -0.000779. The summed E-state index contributed by atoms with van der Waals surface area (Å²) in [4.78, 5) is 0. The minimum atomic E-state index is -0.241. The maximum Gasteiger partial charge on any atom is 0.0712 e. The maximum absolute atomic E-state index is 9.62. The van der Waals surface area contributed by atoms with Crippen LogP contribution in [0.25, 0.3) is 0 Å². The van der Waals surface area contributed by atoms with Gasteiger partial charge in [0.05, 0.1) is 6.10 Å². The first-order valence-electron chi connectivity index (χ1n) is 4.87. The molecule has 0 radical (unpaired) electrons. The zero-order chi connectivity index (χ0) is 9.61. The van der Waals surface area contributed by atoms with E-state index in [9.17, 15) is 5.11 Å². The van der Waals surface area contributed by atoms with Gasteiger partial charge in [0.25, 0.3) is 0 Å². The molecule has 1 atom stereocenters. The van der Waals surface area contributed by atoms with Gasteiger partial charge in [-0.15, -0.1) is 0 Å². The maximum atomic E-state index is 9.62. The van der Waals surface area contributed by atoms with Gasteiger partial charge in [0.15, 0.2) is 0 Å². The Bertz CT molecular complexity index is 107. The van der Waals surface area contributed by atoms with Crippen molar-refractivity contribution in [3.05, 3.63) is 0 Å². The fourth-order valence-corrected chi connectivity index (χ4v) is 0.847. The van der Waals surface area contributed by atoms with Crippen molar-refractivity contribution in [1.29, 1.82) is 0 Å². The second-order valence-electron chi connectivity index (χ2n) is 4.44. The zero-order valence-corrected chi connectivity index (χ0v) is 8.85. The van der Waals surface area contributed by atoms with Crippen LogP contribution in [0.15, 0.2) is 0 Å². The van der Waals surface area contributed by atoms with Crippen molar-refractivity contribution >= 4 is 0 Å². The molecular weight excluding hydrogens is 150 g/mol. The molecule has 0 saturated carbocycles. The van der Waals surface area contributed by atoms with Crippen LogP contribution in [-0.2, 0) is 0 Å². The van der Waals surface area contributed by atoms with Gasteiger partial charge in [-0.1, -0.05) is 34.1 Å². The third-order valence-corrected chi connectivity index (χ3v) is 2.04. The molecule has 0 saturated heterocycles. The van der Waals surface area contributed by atoms with Crippen LogP contribution < -0.4 is 5.32 Å². The molecule has 2 nitrogen and oxygen atoms in total. The quantitative estimate of drug-likeness (QED) is 0.621. The molecule has 0 aromatic carbocycles. The van der Waals surface area contributed by atoms with E-state index in [1.165, 1.54) is 12.8 Å². The molecule has 0 aliphatic carbocycles. The number of aliphatic hydroxyl groups is 1. The molecule has 12 heavy (non-hydrogen) atoms. The van der Waals surface area contributed by atoms with Gasteiger partial charge in [0, 0.05) is 6.54 Å². The molecule has 0 fully saturated rings. The van der Waals surface area contributed by atoms with Crippen molar-refractivity contribution in [3.8, 4) is 0 Å². The van der Waals surface area contributed by atoms with Gasteiger partial charge in [-0.2, -0.15) is 0 Å². The first-order chi connectivity index (χ1) is 5.48. The predicted octanol–water partition coefficient (Wildman–Crippen LogP) is 1.78. The summed E-state index contributed by atoms with van der Waals surface area (Å²) in [7, 11) is 0. The molecule has 0 amide bonds. The van der Waals surface area contributed by atoms with E-state index >= 15 is 0 Å². The van der Waals surface area contributed by atoms with E-state index in [4.69, 9.17) is 0 Å². The van der Waals surface area contributed by atoms with Gasteiger partial charge in [0.2, 0.25) is 0 Å². The van der Waals surface area contributed by atoms with E-state index in [2.05, 4.69) is 33.0 Å². The van der Waals surface area contributed by atoms with E-state index in [1.807, 2.05) is 0 Å². The van der Waals surface area contributed by atoms with Gasteiger partial charge in [-0.3, -0.25) is 0 Å². The normalized spacial score (nSPS) is 14.8. The second-order valence-corrected chi connectivity index (χ2v) is 4.44. The van der Waals surface area contributed by atoms with Crippen molar-refractivity contribution in [3.63, 3.8) is 0 Å². The Morgan fingerprint density at radius 3 is 2.33 bits per heavy atom. The summed E-state index contributed by atoms with van der Waals surface area (Å²) in [6.07, 6.45) is 2.16. The molecule has 0 aliphatic rings. The van der Waals surface area contributed by atoms with Crippen molar-refractivity contribution in [1.82, 2.24) is 5.32 Å². The van der Waals surface area contributed by atoms with Gasteiger partial charge < -0.3 is 10.4 Å². The van der Waals surface area contributed by atoms with Crippen LogP contribution in [0.2, 0.25) is 0 Å². The SMILES string of the molecule is CCCCNCC(O)C(C)(C)C. The summed E-state index contributed by atoms with van der Waals surface area (Å²) in [5, 5.41) is 12.9. The first-order valence-corrected chi connectivity index (χ1v) is 4.87. The topological polar surface area (TPSA) is 32.3 Å². The molecule has 0 rings (SSSR count). The third-order valence-electron chi connectivity index (χ3n) is 2.04.